The van der Waals surface area contributed by atoms with E-state index in [1.165, 1.54) is 0 Å². The van der Waals surface area contributed by atoms with Crippen LogP contribution in [0.15, 0.2) is 54.6 Å². The monoisotopic (exact) mass is 301 g/mol. The van der Waals surface area contributed by atoms with Crippen LogP contribution in [-0.4, -0.2) is 14.3 Å². The van der Waals surface area contributed by atoms with Gasteiger partial charge < -0.3 is 0 Å². The van der Waals surface area contributed by atoms with E-state index in [-0.39, 0.29) is 0 Å². The molecule has 3 aromatic rings. The Labute approximate surface area is 127 Å². The first-order valence-electron chi connectivity index (χ1n) is 6.14. The third kappa shape index (κ3) is 2.28. The van der Waals surface area contributed by atoms with E-state index >= 15 is 0 Å². The molecular weight excluding hydrogens is 290 g/mol. The van der Waals surface area contributed by atoms with Crippen LogP contribution in [0.1, 0.15) is 0 Å². The zero-order valence-electron chi connectivity index (χ0n) is 10.8. The number of hydrogen-bond acceptors (Lipinski definition) is 2. The molecule has 1 heterocycles. The number of halogens is 1. The van der Waals surface area contributed by atoms with Gasteiger partial charge in [-0.15, -0.1) is 0 Å². The second kappa shape index (κ2) is 5.23. The van der Waals surface area contributed by atoms with Gasteiger partial charge in [0.25, 0.3) is 0 Å². The van der Waals surface area contributed by atoms with Crippen LogP contribution in [0.25, 0.3) is 17.1 Å². The minimum Gasteiger partial charge on any atom is -0.264 e. The lowest BCUT2D eigenvalue weighted by Crippen LogP contribution is -2.07. The maximum absolute atomic E-state index is 6.05. The topological polar surface area (TPSA) is 22.8 Å². The molecule has 0 N–H and O–H groups in total. The van der Waals surface area contributed by atoms with E-state index in [1.807, 2.05) is 71.0 Å². The summed E-state index contributed by atoms with van der Waals surface area (Å²) in [6.45, 7) is 0. The predicted molar refractivity (Wildman–Crippen MR) is 83.8 cm³/mol. The summed E-state index contributed by atoms with van der Waals surface area (Å²) in [6, 6.07) is 17.5. The first kappa shape index (κ1) is 13.1. The molecule has 0 saturated carbocycles. The molecule has 0 spiro atoms. The minimum atomic E-state index is 0.508. The summed E-state index contributed by atoms with van der Waals surface area (Å²) in [5, 5.41) is 0.673. The molecule has 3 rings (SSSR count). The molecule has 0 atom stereocenters. The van der Waals surface area contributed by atoms with Crippen molar-refractivity contribution < 1.29 is 0 Å². The van der Waals surface area contributed by atoms with Gasteiger partial charge in [0.2, 0.25) is 4.77 Å². The third-order valence-electron chi connectivity index (χ3n) is 3.07. The summed E-state index contributed by atoms with van der Waals surface area (Å²) in [5.41, 5.74) is 1.93. The van der Waals surface area contributed by atoms with E-state index in [1.54, 1.807) is 0 Å². The number of aromatic nitrogens is 3. The van der Waals surface area contributed by atoms with Crippen molar-refractivity contribution in [2.24, 2.45) is 7.05 Å². The molecule has 2 aromatic carbocycles. The maximum atomic E-state index is 6.05. The number of nitrogens with zero attached hydrogens (tertiary/aromatic N) is 3. The van der Waals surface area contributed by atoms with Crippen molar-refractivity contribution in [3.8, 4) is 17.1 Å². The van der Waals surface area contributed by atoms with Gasteiger partial charge in [-0.3, -0.25) is 4.68 Å². The molecule has 0 radical (unpaired) electrons. The fraction of sp³-hybridized carbons (Fsp3) is 0.0667. The van der Waals surface area contributed by atoms with Gasteiger partial charge in [0.1, 0.15) is 0 Å². The molecule has 0 aliphatic rings. The summed E-state index contributed by atoms with van der Waals surface area (Å²) >= 11 is 11.4. The fourth-order valence-electron chi connectivity index (χ4n) is 2.16. The Morgan fingerprint density at radius 3 is 2.50 bits per heavy atom. The maximum Gasteiger partial charge on any atom is 0.221 e. The summed E-state index contributed by atoms with van der Waals surface area (Å²) in [4.78, 5) is 4.48. The summed E-state index contributed by atoms with van der Waals surface area (Å²) < 4.78 is 4.31. The van der Waals surface area contributed by atoms with E-state index in [2.05, 4.69) is 4.98 Å². The van der Waals surface area contributed by atoms with Gasteiger partial charge in [0, 0.05) is 17.6 Å². The third-order valence-corrected chi connectivity index (χ3v) is 3.57. The fourth-order valence-corrected chi connectivity index (χ4v) is 2.66. The van der Waals surface area contributed by atoms with Crippen LogP contribution >= 0.6 is 23.8 Å². The Kier molecular flexibility index (Phi) is 3.42. The van der Waals surface area contributed by atoms with Crippen molar-refractivity contribution >= 4 is 23.8 Å². The summed E-state index contributed by atoms with van der Waals surface area (Å²) in [7, 11) is 1.94. The van der Waals surface area contributed by atoms with Crippen molar-refractivity contribution in [1.29, 1.82) is 0 Å². The lowest BCUT2D eigenvalue weighted by atomic mass is 10.2. The number of benzene rings is 2. The number of hydrogen-bond donors (Lipinski definition) is 0. The zero-order chi connectivity index (χ0) is 14.1. The van der Waals surface area contributed by atoms with Gasteiger partial charge in [-0.2, -0.15) is 4.98 Å². The molecular formula is C15H12ClN3S. The Morgan fingerprint density at radius 1 is 1.05 bits per heavy atom. The molecule has 0 aliphatic heterocycles. The largest absolute Gasteiger partial charge is 0.264 e. The Bertz CT molecular complexity index is 805. The molecule has 0 unspecified atom stereocenters. The average molecular weight is 302 g/mol. The minimum absolute atomic E-state index is 0.508. The SMILES string of the molecule is Cn1c(-c2ccccc2)nc(=S)n1-c1cccc(Cl)c1. The van der Waals surface area contributed by atoms with Crippen molar-refractivity contribution in [3.63, 3.8) is 0 Å². The highest BCUT2D eigenvalue weighted by atomic mass is 35.5. The average Bonchev–Trinajstić information content (AvgIpc) is 2.75. The van der Waals surface area contributed by atoms with E-state index < -0.39 is 0 Å². The van der Waals surface area contributed by atoms with Crippen LogP contribution in [0.4, 0.5) is 0 Å². The van der Waals surface area contributed by atoms with Gasteiger partial charge in [0.05, 0.1) is 5.69 Å². The second-order valence-corrected chi connectivity index (χ2v) is 5.20. The molecule has 0 aliphatic carbocycles. The van der Waals surface area contributed by atoms with E-state index in [0.717, 1.165) is 17.1 Å². The van der Waals surface area contributed by atoms with Crippen LogP contribution in [0.3, 0.4) is 0 Å². The van der Waals surface area contributed by atoms with Crippen molar-refractivity contribution in [1.82, 2.24) is 14.3 Å². The molecule has 0 saturated heterocycles. The van der Waals surface area contributed by atoms with Gasteiger partial charge in [0.15, 0.2) is 5.82 Å². The Balaban J connectivity index is 2.20. The predicted octanol–water partition coefficient (Wildman–Crippen LogP) is 4.26. The van der Waals surface area contributed by atoms with Gasteiger partial charge >= 0.3 is 0 Å². The lowest BCUT2D eigenvalue weighted by Gasteiger charge is -2.09. The standard InChI is InChI=1S/C15H12ClN3S/c1-18-14(11-6-3-2-4-7-11)17-15(20)19(18)13-9-5-8-12(16)10-13/h2-10H,1H3. The van der Waals surface area contributed by atoms with Crippen LogP contribution in [0.5, 0.6) is 0 Å². The van der Waals surface area contributed by atoms with Crippen LogP contribution in [0.2, 0.25) is 5.02 Å². The molecule has 0 amide bonds. The van der Waals surface area contributed by atoms with Crippen molar-refractivity contribution in [3.05, 3.63) is 64.4 Å². The molecule has 100 valence electrons. The molecule has 0 bridgehead atoms. The smallest absolute Gasteiger partial charge is 0.221 e. The van der Waals surface area contributed by atoms with E-state index in [0.29, 0.717) is 9.79 Å². The highest BCUT2D eigenvalue weighted by Gasteiger charge is 2.11. The first-order chi connectivity index (χ1) is 9.66. The first-order valence-corrected chi connectivity index (χ1v) is 6.93. The quantitative estimate of drug-likeness (QED) is 0.660. The Morgan fingerprint density at radius 2 is 1.80 bits per heavy atom. The Hall–Kier alpha value is -1.91. The van der Waals surface area contributed by atoms with E-state index in [9.17, 15) is 0 Å². The molecule has 20 heavy (non-hydrogen) atoms. The molecule has 0 fully saturated rings. The van der Waals surface area contributed by atoms with Crippen molar-refractivity contribution in [2.75, 3.05) is 0 Å². The van der Waals surface area contributed by atoms with Gasteiger partial charge in [-0.25, -0.2) is 4.68 Å². The van der Waals surface area contributed by atoms with Crippen LogP contribution in [0, 0.1) is 4.77 Å². The van der Waals surface area contributed by atoms with Crippen LogP contribution < -0.4 is 0 Å². The highest BCUT2D eigenvalue weighted by Crippen LogP contribution is 2.20. The van der Waals surface area contributed by atoms with Crippen molar-refractivity contribution in [2.45, 2.75) is 0 Å². The molecule has 5 heteroatoms. The summed E-state index contributed by atoms with van der Waals surface area (Å²) in [5.74, 6) is 0.829. The van der Waals surface area contributed by atoms with Crippen LogP contribution in [-0.2, 0) is 7.05 Å². The molecule has 1 aromatic heterocycles. The summed E-state index contributed by atoms with van der Waals surface area (Å²) in [6.07, 6.45) is 0. The van der Waals surface area contributed by atoms with Gasteiger partial charge in [-0.1, -0.05) is 48.0 Å². The zero-order valence-corrected chi connectivity index (χ0v) is 12.4. The molecule has 3 nitrogen and oxygen atoms in total. The van der Waals surface area contributed by atoms with Gasteiger partial charge in [-0.05, 0) is 30.4 Å². The normalized spacial score (nSPS) is 10.7. The van der Waals surface area contributed by atoms with E-state index in [4.69, 9.17) is 23.8 Å². The lowest BCUT2D eigenvalue weighted by molar-refractivity contribution is 0.662. The number of rotatable bonds is 2. The highest BCUT2D eigenvalue weighted by molar-refractivity contribution is 7.71. The second-order valence-electron chi connectivity index (χ2n) is 4.40.